The Bertz CT molecular complexity index is 3510. The molecular formula is C57H35N5O. The van der Waals surface area contributed by atoms with Gasteiger partial charge in [0.05, 0.1) is 22.8 Å². The SMILES string of the molecule is c1ccc(-c2cc(-c3cc(-c4cc(-c5ccccc5)nc(-c5ccc6ccccc6c5)n4)cc(-c4nc5c(ccc6ccccc65)o4)c3)nc(-c3ccc4ccccc4c3)n2)cc1. The summed E-state index contributed by atoms with van der Waals surface area (Å²) < 4.78 is 6.62. The van der Waals surface area contributed by atoms with Crippen LogP contribution in [0.4, 0.5) is 0 Å². The van der Waals surface area contributed by atoms with Crippen molar-refractivity contribution >= 4 is 43.4 Å². The Balaban J connectivity index is 1.10. The largest absolute Gasteiger partial charge is 0.436 e. The van der Waals surface area contributed by atoms with E-state index in [0.29, 0.717) is 17.5 Å². The lowest BCUT2D eigenvalue weighted by Gasteiger charge is -2.13. The van der Waals surface area contributed by atoms with E-state index in [0.717, 1.165) is 105 Å². The number of aromatic nitrogens is 5. The summed E-state index contributed by atoms with van der Waals surface area (Å²) in [6, 6.07) is 72.9. The molecule has 0 aliphatic rings. The molecule has 12 aromatic rings. The van der Waals surface area contributed by atoms with E-state index in [1.54, 1.807) is 0 Å². The van der Waals surface area contributed by atoms with Crippen LogP contribution in [0.3, 0.4) is 0 Å². The quantitative estimate of drug-likeness (QED) is 0.160. The van der Waals surface area contributed by atoms with E-state index in [1.807, 2.05) is 54.6 Å². The lowest BCUT2D eigenvalue weighted by molar-refractivity contribution is 0.620. The van der Waals surface area contributed by atoms with E-state index >= 15 is 0 Å². The lowest BCUT2D eigenvalue weighted by atomic mass is 9.98. The minimum absolute atomic E-state index is 0.503. The molecule has 3 heterocycles. The maximum atomic E-state index is 6.62. The zero-order valence-corrected chi connectivity index (χ0v) is 33.9. The zero-order valence-electron chi connectivity index (χ0n) is 33.9. The standard InChI is InChI=1S/C57H35N5O/c1-3-16-39(17-4-1)49-34-51(60-55(58-49)43-25-23-36-13-7-9-20-41(36)29-43)45-31-46(33-47(32-45)57-62-54-48-22-12-11-15-38(48)27-28-53(54)63-57)52-35-50(40-18-5-2-6-19-40)59-56(61-52)44-26-24-37-14-8-10-21-42(37)30-44/h1-35H. The Hall–Kier alpha value is -8.61. The average Bonchev–Trinajstić information content (AvgIpc) is 3.82. The maximum absolute atomic E-state index is 6.62. The Kier molecular flexibility index (Phi) is 8.71. The monoisotopic (exact) mass is 805 g/mol. The van der Waals surface area contributed by atoms with Gasteiger partial charge in [-0.05, 0) is 75.5 Å². The third-order valence-corrected chi connectivity index (χ3v) is 11.7. The summed E-state index contributed by atoms with van der Waals surface area (Å²) in [5.41, 5.74) is 11.0. The second-order valence-electron chi connectivity index (χ2n) is 15.7. The summed E-state index contributed by atoms with van der Waals surface area (Å²) in [4.78, 5) is 26.2. The van der Waals surface area contributed by atoms with Crippen LogP contribution in [-0.4, -0.2) is 24.9 Å². The van der Waals surface area contributed by atoms with Gasteiger partial charge in [-0.15, -0.1) is 0 Å². The molecule has 294 valence electrons. The van der Waals surface area contributed by atoms with Gasteiger partial charge in [0.25, 0.3) is 0 Å². The average molecular weight is 806 g/mol. The van der Waals surface area contributed by atoms with Crippen molar-refractivity contribution in [1.29, 1.82) is 0 Å². The molecule has 0 atom stereocenters. The minimum Gasteiger partial charge on any atom is -0.436 e. The molecule has 6 nitrogen and oxygen atoms in total. The highest BCUT2D eigenvalue weighted by Gasteiger charge is 2.19. The summed E-state index contributed by atoms with van der Waals surface area (Å²) in [6.45, 7) is 0. The highest BCUT2D eigenvalue weighted by atomic mass is 16.3. The van der Waals surface area contributed by atoms with E-state index < -0.39 is 0 Å². The molecule has 0 aliphatic carbocycles. The molecule has 3 aromatic heterocycles. The second kappa shape index (κ2) is 15.1. The van der Waals surface area contributed by atoms with Gasteiger partial charge in [-0.1, -0.05) is 164 Å². The molecule has 6 heteroatoms. The molecule has 0 spiro atoms. The van der Waals surface area contributed by atoms with Crippen LogP contribution in [0.15, 0.2) is 217 Å². The first kappa shape index (κ1) is 36.3. The van der Waals surface area contributed by atoms with Gasteiger partial charge in [0, 0.05) is 44.3 Å². The highest BCUT2D eigenvalue weighted by molar-refractivity contribution is 6.04. The van der Waals surface area contributed by atoms with E-state index in [9.17, 15) is 0 Å². The van der Waals surface area contributed by atoms with Crippen LogP contribution in [0.1, 0.15) is 0 Å². The topological polar surface area (TPSA) is 77.6 Å². The predicted molar refractivity (Wildman–Crippen MR) is 256 cm³/mol. The van der Waals surface area contributed by atoms with Crippen molar-refractivity contribution in [3.05, 3.63) is 212 Å². The van der Waals surface area contributed by atoms with Crippen molar-refractivity contribution in [2.24, 2.45) is 0 Å². The van der Waals surface area contributed by atoms with Gasteiger partial charge in [-0.3, -0.25) is 0 Å². The normalized spacial score (nSPS) is 11.5. The summed E-state index contributed by atoms with van der Waals surface area (Å²) in [7, 11) is 0. The third kappa shape index (κ3) is 6.86. The van der Waals surface area contributed by atoms with Gasteiger partial charge in [0.15, 0.2) is 17.2 Å². The van der Waals surface area contributed by atoms with E-state index in [1.165, 1.54) is 0 Å². The van der Waals surface area contributed by atoms with Crippen LogP contribution in [-0.2, 0) is 0 Å². The molecule has 0 unspecified atom stereocenters. The fraction of sp³-hybridized carbons (Fsp3) is 0. The van der Waals surface area contributed by atoms with Crippen LogP contribution in [0.2, 0.25) is 0 Å². The summed E-state index contributed by atoms with van der Waals surface area (Å²) in [5, 5.41) is 6.70. The Morgan fingerprint density at radius 1 is 0.270 bits per heavy atom. The minimum atomic E-state index is 0.503. The molecule has 0 aliphatic heterocycles. The zero-order chi connectivity index (χ0) is 41.7. The Morgan fingerprint density at radius 3 is 1.24 bits per heavy atom. The molecule has 12 rings (SSSR count). The smallest absolute Gasteiger partial charge is 0.227 e. The molecule has 63 heavy (non-hydrogen) atoms. The predicted octanol–water partition coefficient (Wildman–Crippen LogP) is 14.5. The van der Waals surface area contributed by atoms with Gasteiger partial charge in [-0.25, -0.2) is 24.9 Å². The van der Waals surface area contributed by atoms with E-state index in [4.69, 9.17) is 29.3 Å². The van der Waals surface area contributed by atoms with Crippen molar-refractivity contribution in [3.8, 4) is 79.3 Å². The first-order valence-electron chi connectivity index (χ1n) is 21.0. The van der Waals surface area contributed by atoms with Crippen molar-refractivity contribution in [2.75, 3.05) is 0 Å². The summed E-state index contributed by atoms with van der Waals surface area (Å²) in [5.74, 6) is 1.76. The molecule has 0 saturated carbocycles. The van der Waals surface area contributed by atoms with Crippen LogP contribution in [0.5, 0.6) is 0 Å². The number of oxazole rings is 1. The molecule has 0 fully saturated rings. The van der Waals surface area contributed by atoms with Crippen LogP contribution in [0, 0.1) is 0 Å². The fourth-order valence-electron chi connectivity index (χ4n) is 8.45. The second-order valence-corrected chi connectivity index (χ2v) is 15.7. The molecule has 0 bridgehead atoms. The number of nitrogens with zero attached hydrogens (tertiary/aromatic N) is 5. The Labute approximate surface area is 362 Å². The molecule has 0 radical (unpaired) electrons. The highest BCUT2D eigenvalue weighted by Crippen LogP contribution is 2.38. The van der Waals surface area contributed by atoms with Crippen molar-refractivity contribution in [1.82, 2.24) is 24.9 Å². The first-order chi connectivity index (χ1) is 31.1. The number of hydrogen-bond donors (Lipinski definition) is 0. The van der Waals surface area contributed by atoms with Crippen molar-refractivity contribution in [2.45, 2.75) is 0 Å². The van der Waals surface area contributed by atoms with Crippen molar-refractivity contribution < 1.29 is 4.42 Å². The van der Waals surface area contributed by atoms with Gasteiger partial charge in [0.2, 0.25) is 5.89 Å². The van der Waals surface area contributed by atoms with E-state index in [2.05, 4.69) is 158 Å². The first-order valence-corrected chi connectivity index (χ1v) is 21.0. The van der Waals surface area contributed by atoms with Gasteiger partial charge < -0.3 is 4.42 Å². The summed E-state index contributed by atoms with van der Waals surface area (Å²) in [6.07, 6.45) is 0. The summed E-state index contributed by atoms with van der Waals surface area (Å²) >= 11 is 0. The Morgan fingerprint density at radius 2 is 0.698 bits per heavy atom. The van der Waals surface area contributed by atoms with Gasteiger partial charge >= 0.3 is 0 Å². The third-order valence-electron chi connectivity index (χ3n) is 11.7. The molecule has 9 aromatic carbocycles. The van der Waals surface area contributed by atoms with Crippen LogP contribution < -0.4 is 0 Å². The lowest BCUT2D eigenvalue weighted by Crippen LogP contribution is -1.98. The van der Waals surface area contributed by atoms with Crippen LogP contribution >= 0.6 is 0 Å². The number of rotatable bonds is 7. The van der Waals surface area contributed by atoms with Crippen molar-refractivity contribution in [3.63, 3.8) is 0 Å². The van der Waals surface area contributed by atoms with Gasteiger partial charge in [-0.2, -0.15) is 0 Å². The van der Waals surface area contributed by atoms with Gasteiger partial charge in [0.1, 0.15) is 5.52 Å². The van der Waals surface area contributed by atoms with E-state index in [-0.39, 0.29) is 0 Å². The molecule has 0 saturated heterocycles. The number of hydrogen-bond acceptors (Lipinski definition) is 6. The number of benzene rings is 9. The fourth-order valence-corrected chi connectivity index (χ4v) is 8.45. The molecule has 0 N–H and O–H groups in total. The molecule has 0 amide bonds. The van der Waals surface area contributed by atoms with Crippen LogP contribution in [0.25, 0.3) is 123 Å². The molecular weight excluding hydrogens is 771 g/mol. The maximum Gasteiger partial charge on any atom is 0.227 e. The number of fused-ring (bicyclic) bond motifs is 5.